The maximum atomic E-state index is 13.7. The fraction of sp³-hybridized carbons (Fsp3) is 0.727. The molecule has 1 unspecified atom stereocenters. The summed E-state index contributed by atoms with van der Waals surface area (Å²) < 4.78 is 0. The van der Waals surface area contributed by atoms with E-state index < -0.39 is 5.54 Å². The number of aliphatic hydroxyl groups excluding tert-OH is 1. The molecule has 4 rings (SSSR count). The Morgan fingerprint density at radius 2 is 1.80 bits per heavy atom. The normalized spacial score (nSPS) is 29.6. The van der Waals surface area contributed by atoms with Crippen molar-refractivity contribution in [2.45, 2.75) is 89.3 Å². The summed E-state index contributed by atoms with van der Waals surface area (Å²) in [5, 5.41) is 9.82. The van der Waals surface area contributed by atoms with E-state index in [4.69, 9.17) is 0 Å². The van der Waals surface area contributed by atoms with Gasteiger partial charge in [0.1, 0.15) is 11.4 Å². The highest BCUT2D eigenvalue weighted by molar-refractivity contribution is 5.93. The fourth-order valence-electron chi connectivity index (χ4n) is 5.67. The van der Waals surface area contributed by atoms with Crippen molar-refractivity contribution >= 4 is 11.8 Å². The second kappa shape index (κ2) is 8.13. The summed E-state index contributed by atoms with van der Waals surface area (Å²) in [5.41, 5.74) is -0.104. The SMILES string of the molecule is Cc1nc(C)c(CC(=O)N2CCCC23CCCN(C2CCC(O)CC2)C3=O)c(=O)[nH]1. The number of nitrogens with zero attached hydrogens (tertiary/aromatic N) is 3. The second-order valence-electron chi connectivity index (χ2n) is 9.14. The van der Waals surface area contributed by atoms with Crippen molar-refractivity contribution in [3.05, 3.63) is 27.4 Å². The third-order valence-electron chi connectivity index (χ3n) is 7.21. The number of carbonyl (C=O) groups excluding carboxylic acids is 2. The molecule has 164 valence electrons. The first kappa shape index (κ1) is 21.0. The lowest BCUT2D eigenvalue weighted by atomic mass is 9.82. The Hall–Kier alpha value is -2.22. The maximum absolute atomic E-state index is 13.7. The minimum atomic E-state index is -0.774. The highest BCUT2D eigenvalue weighted by Crippen LogP contribution is 2.40. The van der Waals surface area contributed by atoms with Gasteiger partial charge in [-0.3, -0.25) is 14.4 Å². The van der Waals surface area contributed by atoms with Crippen LogP contribution in [0, 0.1) is 13.8 Å². The van der Waals surface area contributed by atoms with Crippen molar-refractivity contribution in [2.24, 2.45) is 0 Å². The summed E-state index contributed by atoms with van der Waals surface area (Å²) in [4.78, 5) is 50.0. The Morgan fingerprint density at radius 1 is 1.13 bits per heavy atom. The first-order valence-electron chi connectivity index (χ1n) is 11.2. The summed E-state index contributed by atoms with van der Waals surface area (Å²) >= 11 is 0. The molecule has 1 spiro atoms. The average molecular weight is 417 g/mol. The Kier molecular flexibility index (Phi) is 5.70. The lowest BCUT2D eigenvalue weighted by molar-refractivity contribution is -0.158. The zero-order chi connectivity index (χ0) is 21.5. The number of hydrogen-bond acceptors (Lipinski definition) is 5. The highest BCUT2D eigenvalue weighted by Gasteiger charge is 2.53. The minimum absolute atomic E-state index is 0.0287. The van der Waals surface area contributed by atoms with Gasteiger partial charge in [-0.05, 0) is 65.2 Å². The van der Waals surface area contributed by atoms with Crippen LogP contribution in [-0.2, 0) is 16.0 Å². The highest BCUT2D eigenvalue weighted by atomic mass is 16.3. The van der Waals surface area contributed by atoms with E-state index in [0.717, 1.165) is 45.1 Å². The molecule has 1 aromatic rings. The van der Waals surface area contributed by atoms with E-state index in [1.54, 1.807) is 18.7 Å². The largest absolute Gasteiger partial charge is 0.393 e. The first-order chi connectivity index (χ1) is 14.3. The molecule has 1 aromatic heterocycles. The molecule has 3 aliphatic rings. The molecule has 0 bridgehead atoms. The molecule has 8 nitrogen and oxygen atoms in total. The van der Waals surface area contributed by atoms with Crippen LogP contribution >= 0.6 is 0 Å². The number of carbonyl (C=O) groups is 2. The van der Waals surface area contributed by atoms with E-state index in [0.29, 0.717) is 36.5 Å². The van der Waals surface area contributed by atoms with Gasteiger partial charge in [-0.25, -0.2) is 4.98 Å². The van der Waals surface area contributed by atoms with E-state index in [1.165, 1.54) is 0 Å². The molecular formula is C22H32N4O4. The maximum Gasteiger partial charge on any atom is 0.254 e. The van der Waals surface area contributed by atoms with Gasteiger partial charge in [0.15, 0.2) is 0 Å². The fourth-order valence-corrected chi connectivity index (χ4v) is 5.67. The Labute approximate surface area is 176 Å². The lowest BCUT2D eigenvalue weighted by Gasteiger charge is -2.48. The number of aliphatic hydroxyl groups is 1. The molecule has 8 heteroatoms. The second-order valence-corrected chi connectivity index (χ2v) is 9.14. The predicted molar refractivity (Wildman–Crippen MR) is 111 cm³/mol. The number of rotatable bonds is 3. The van der Waals surface area contributed by atoms with E-state index >= 15 is 0 Å². The molecule has 3 fully saturated rings. The van der Waals surface area contributed by atoms with Crippen LogP contribution in [0.2, 0.25) is 0 Å². The van der Waals surface area contributed by atoms with Crippen LogP contribution in [0.3, 0.4) is 0 Å². The van der Waals surface area contributed by atoms with Crippen LogP contribution in [0.4, 0.5) is 0 Å². The molecule has 1 saturated carbocycles. The quantitative estimate of drug-likeness (QED) is 0.770. The van der Waals surface area contributed by atoms with Crippen LogP contribution in [0.5, 0.6) is 0 Å². The molecule has 30 heavy (non-hydrogen) atoms. The molecule has 1 atom stereocenters. The van der Waals surface area contributed by atoms with Crippen LogP contribution in [0.15, 0.2) is 4.79 Å². The number of H-pyrrole nitrogens is 1. The van der Waals surface area contributed by atoms with Gasteiger partial charge in [0.2, 0.25) is 11.8 Å². The van der Waals surface area contributed by atoms with E-state index in [1.807, 2.05) is 4.90 Å². The molecule has 0 aromatic carbocycles. The Balaban J connectivity index is 1.55. The van der Waals surface area contributed by atoms with Gasteiger partial charge in [-0.1, -0.05) is 0 Å². The van der Waals surface area contributed by atoms with Crippen LogP contribution < -0.4 is 5.56 Å². The van der Waals surface area contributed by atoms with E-state index in [-0.39, 0.29) is 35.9 Å². The predicted octanol–water partition coefficient (Wildman–Crippen LogP) is 1.22. The number of aromatic amines is 1. The number of aryl methyl sites for hydroxylation is 2. The topological polar surface area (TPSA) is 107 Å². The molecule has 1 aliphatic carbocycles. The monoisotopic (exact) mass is 416 g/mol. The standard InChI is InChI=1S/C22H32N4O4/c1-14-18(20(29)24-15(2)23-14)13-19(28)26-12-4-10-22(26)9-3-11-25(21(22)30)16-5-7-17(27)8-6-16/h16-17,27H,3-13H2,1-2H3,(H,23,24,29). The molecule has 3 heterocycles. The van der Waals surface area contributed by atoms with Crippen molar-refractivity contribution in [3.8, 4) is 0 Å². The third-order valence-corrected chi connectivity index (χ3v) is 7.21. The summed E-state index contributed by atoms with van der Waals surface area (Å²) in [6.07, 6.45) is 5.86. The van der Waals surface area contributed by atoms with E-state index in [9.17, 15) is 19.5 Å². The van der Waals surface area contributed by atoms with Crippen molar-refractivity contribution in [2.75, 3.05) is 13.1 Å². The molecular weight excluding hydrogens is 384 g/mol. The molecule has 2 aliphatic heterocycles. The number of amides is 2. The first-order valence-corrected chi connectivity index (χ1v) is 11.2. The lowest BCUT2D eigenvalue weighted by Crippen LogP contribution is -2.63. The third kappa shape index (κ3) is 3.66. The summed E-state index contributed by atoms with van der Waals surface area (Å²) in [5.74, 6) is 0.428. The molecule has 2 saturated heterocycles. The van der Waals surface area contributed by atoms with Gasteiger partial charge in [0, 0.05) is 30.4 Å². The van der Waals surface area contributed by atoms with Crippen LogP contribution in [0.25, 0.3) is 0 Å². The number of likely N-dealkylation sites (tertiary alicyclic amines) is 2. The Morgan fingerprint density at radius 3 is 2.47 bits per heavy atom. The zero-order valence-electron chi connectivity index (χ0n) is 17.9. The van der Waals surface area contributed by atoms with Gasteiger partial charge in [-0.15, -0.1) is 0 Å². The van der Waals surface area contributed by atoms with Gasteiger partial charge >= 0.3 is 0 Å². The molecule has 2 amide bonds. The van der Waals surface area contributed by atoms with Crippen molar-refractivity contribution in [3.63, 3.8) is 0 Å². The smallest absolute Gasteiger partial charge is 0.254 e. The van der Waals surface area contributed by atoms with Gasteiger partial charge in [0.05, 0.1) is 12.5 Å². The Bertz CT molecular complexity index is 890. The number of aromatic nitrogens is 2. The van der Waals surface area contributed by atoms with Crippen molar-refractivity contribution in [1.29, 1.82) is 0 Å². The number of piperidine rings is 1. The summed E-state index contributed by atoms with van der Waals surface area (Å²) in [7, 11) is 0. The number of nitrogens with one attached hydrogen (secondary N) is 1. The van der Waals surface area contributed by atoms with Crippen molar-refractivity contribution < 1.29 is 14.7 Å². The average Bonchev–Trinajstić information content (AvgIpc) is 3.12. The van der Waals surface area contributed by atoms with Gasteiger partial charge < -0.3 is 19.9 Å². The van der Waals surface area contributed by atoms with Gasteiger partial charge in [0.25, 0.3) is 5.56 Å². The van der Waals surface area contributed by atoms with Crippen LogP contribution in [0.1, 0.15) is 68.4 Å². The summed E-state index contributed by atoms with van der Waals surface area (Å²) in [6, 6.07) is 0.155. The zero-order valence-corrected chi connectivity index (χ0v) is 17.9. The van der Waals surface area contributed by atoms with E-state index in [2.05, 4.69) is 9.97 Å². The molecule has 2 N–H and O–H groups in total. The number of hydrogen-bond donors (Lipinski definition) is 2. The summed E-state index contributed by atoms with van der Waals surface area (Å²) in [6.45, 7) is 4.74. The van der Waals surface area contributed by atoms with Crippen LogP contribution in [-0.4, -0.2) is 67.5 Å². The molecule has 0 radical (unpaired) electrons. The van der Waals surface area contributed by atoms with Crippen molar-refractivity contribution in [1.82, 2.24) is 19.8 Å². The van der Waals surface area contributed by atoms with Gasteiger partial charge in [-0.2, -0.15) is 0 Å². The minimum Gasteiger partial charge on any atom is -0.393 e.